The molecule has 9 nitrogen and oxygen atoms in total. The highest BCUT2D eigenvalue weighted by Gasteiger charge is 2.21. The number of benzene rings is 1. The summed E-state index contributed by atoms with van der Waals surface area (Å²) in [6, 6.07) is 4.53. The summed E-state index contributed by atoms with van der Waals surface area (Å²) in [6.45, 7) is 1.62. The van der Waals surface area contributed by atoms with Gasteiger partial charge in [0.1, 0.15) is 0 Å². The summed E-state index contributed by atoms with van der Waals surface area (Å²) in [7, 11) is 2.05. The van der Waals surface area contributed by atoms with Gasteiger partial charge in [0.15, 0.2) is 0 Å². The van der Waals surface area contributed by atoms with Gasteiger partial charge in [0.2, 0.25) is 11.8 Å². The Morgan fingerprint density at radius 1 is 1.22 bits per heavy atom. The largest absolute Gasteiger partial charge is 0.352 e. The number of carbonyl (C=O) groups is 4. The summed E-state index contributed by atoms with van der Waals surface area (Å²) in [4.78, 5) is 50.1. The van der Waals surface area contributed by atoms with Crippen LogP contribution >= 0.6 is 0 Å². The van der Waals surface area contributed by atoms with Gasteiger partial charge in [0, 0.05) is 11.6 Å². The fourth-order valence-electron chi connectivity index (χ4n) is 3.13. The second-order valence-corrected chi connectivity index (χ2v) is 6.82. The van der Waals surface area contributed by atoms with E-state index in [0.29, 0.717) is 0 Å². The molecule has 0 aromatic heterocycles. The van der Waals surface area contributed by atoms with Crippen molar-refractivity contribution in [3.05, 3.63) is 29.3 Å². The molecule has 1 aromatic rings. The first-order chi connectivity index (χ1) is 12.9. The van der Waals surface area contributed by atoms with Crippen LogP contribution in [0.2, 0.25) is 0 Å². The van der Waals surface area contributed by atoms with Crippen molar-refractivity contribution in [3.8, 4) is 0 Å². The van der Waals surface area contributed by atoms with E-state index in [1.165, 1.54) is 18.2 Å². The van der Waals surface area contributed by atoms with Crippen molar-refractivity contribution in [1.82, 2.24) is 20.9 Å². The first-order valence-corrected chi connectivity index (χ1v) is 8.90. The van der Waals surface area contributed by atoms with Gasteiger partial charge in [-0.2, -0.15) is 0 Å². The van der Waals surface area contributed by atoms with E-state index in [-0.39, 0.29) is 53.7 Å². The topological polar surface area (TPSA) is 120 Å². The van der Waals surface area contributed by atoms with Gasteiger partial charge >= 0.3 is 0 Å². The molecule has 0 atom stereocenters. The minimum Gasteiger partial charge on any atom is -0.352 e. The van der Waals surface area contributed by atoms with Crippen LogP contribution in [0.25, 0.3) is 0 Å². The highest BCUT2D eigenvalue weighted by atomic mass is 16.2. The SMILES string of the molecule is CN1CCC(NC(=O)CNC(=O)c2ccc3c(c2)NC(=O)CNC3=O)CC1. The van der Waals surface area contributed by atoms with Crippen LogP contribution in [-0.2, 0) is 9.59 Å². The monoisotopic (exact) mass is 373 g/mol. The summed E-state index contributed by atoms with van der Waals surface area (Å²) in [5.41, 5.74) is 0.826. The van der Waals surface area contributed by atoms with Crippen molar-refractivity contribution >= 4 is 29.3 Å². The van der Waals surface area contributed by atoms with E-state index in [1.54, 1.807) is 0 Å². The molecule has 0 aliphatic carbocycles. The molecule has 2 heterocycles. The maximum atomic E-state index is 12.3. The lowest BCUT2D eigenvalue weighted by molar-refractivity contribution is -0.121. The molecule has 144 valence electrons. The van der Waals surface area contributed by atoms with Crippen LogP contribution in [0.3, 0.4) is 0 Å². The molecule has 9 heteroatoms. The molecule has 1 aromatic carbocycles. The van der Waals surface area contributed by atoms with Crippen LogP contribution in [0.1, 0.15) is 33.6 Å². The molecule has 1 saturated heterocycles. The second kappa shape index (κ2) is 8.17. The first-order valence-electron chi connectivity index (χ1n) is 8.90. The van der Waals surface area contributed by atoms with Crippen molar-refractivity contribution < 1.29 is 19.2 Å². The Hall–Kier alpha value is -2.94. The van der Waals surface area contributed by atoms with E-state index in [4.69, 9.17) is 0 Å². The average Bonchev–Trinajstić information content (AvgIpc) is 2.79. The van der Waals surface area contributed by atoms with Gasteiger partial charge in [-0.1, -0.05) is 0 Å². The molecule has 2 aliphatic rings. The highest BCUT2D eigenvalue weighted by Crippen LogP contribution is 2.19. The third kappa shape index (κ3) is 4.82. The van der Waals surface area contributed by atoms with E-state index in [2.05, 4.69) is 26.2 Å². The number of nitrogens with one attached hydrogen (secondary N) is 4. The van der Waals surface area contributed by atoms with Crippen LogP contribution in [0.15, 0.2) is 18.2 Å². The van der Waals surface area contributed by atoms with Crippen LogP contribution in [-0.4, -0.2) is 67.8 Å². The predicted octanol–water partition coefficient (Wildman–Crippen LogP) is -0.691. The maximum Gasteiger partial charge on any atom is 0.253 e. The zero-order valence-electron chi connectivity index (χ0n) is 15.1. The standard InChI is InChI=1S/C18H23N5O4/c1-23-6-4-12(5-7-23)21-15(24)9-19-17(26)11-2-3-13-14(8-11)22-16(25)10-20-18(13)27/h2-3,8,12H,4-7,9-10H2,1H3,(H,19,26)(H,20,27)(H,21,24)(H,22,25). The molecule has 2 aliphatic heterocycles. The van der Waals surface area contributed by atoms with Crippen molar-refractivity contribution in [2.24, 2.45) is 0 Å². The number of hydrogen-bond donors (Lipinski definition) is 4. The number of likely N-dealkylation sites (tertiary alicyclic amines) is 1. The third-order valence-corrected chi connectivity index (χ3v) is 4.70. The number of carbonyl (C=O) groups excluding carboxylic acids is 4. The van der Waals surface area contributed by atoms with E-state index >= 15 is 0 Å². The van der Waals surface area contributed by atoms with Crippen molar-refractivity contribution in [2.45, 2.75) is 18.9 Å². The molecule has 0 saturated carbocycles. The van der Waals surface area contributed by atoms with Gasteiger partial charge in [-0.15, -0.1) is 0 Å². The van der Waals surface area contributed by atoms with Crippen molar-refractivity contribution in [3.63, 3.8) is 0 Å². The summed E-state index contributed by atoms with van der Waals surface area (Å²) in [5.74, 6) is -1.43. The van der Waals surface area contributed by atoms with Gasteiger partial charge in [-0.05, 0) is 51.2 Å². The molecular formula is C18H23N5O4. The normalized spacial score (nSPS) is 18.0. The number of amides is 4. The molecule has 1 fully saturated rings. The number of piperidine rings is 1. The van der Waals surface area contributed by atoms with Gasteiger partial charge in [0.05, 0.1) is 24.3 Å². The Morgan fingerprint density at radius 2 is 1.96 bits per heavy atom. The zero-order chi connectivity index (χ0) is 19.4. The van der Waals surface area contributed by atoms with Gasteiger partial charge < -0.3 is 26.2 Å². The Bertz CT molecular complexity index is 771. The third-order valence-electron chi connectivity index (χ3n) is 4.70. The molecule has 0 radical (unpaired) electrons. The number of fused-ring (bicyclic) bond motifs is 1. The lowest BCUT2D eigenvalue weighted by Gasteiger charge is -2.29. The first kappa shape index (κ1) is 18.8. The van der Waals surface area contributed by atoms with Gasteiger partial charge in [-0.3, -0.25) is 19.2 Å². The highest BCUT2D eigenvalue weighted by molar-refractivity contribution is 6.10. The number of hydrogen-bond acceptors (Lipinski definition) is 5. The Kier molecular flexibility index (Phi) is 5.70. The number of rotatable bonds is 4. The summed E-state index contributed by atoms with van der Waals surface area (Å²) in [6.07, 6.45) is 1.78. The Balaban J connectivity index is 1.56. The van der Waals surface area contributed by atoms with E-state index in [9.17, 15) is 19.2 Å². The van der Waals surface area contributed by atoms with E-state index in [1.807, 2.05) is 7.05 Å². The summed E-state index contributed by atoms with van der Waals surface area (Å²) < 4.78 is 0. The van der Waals surface area contributed by atoms with Crippen LogP contribution < -0.4 is 21.3 Å². The lowest BCUT2D eigenvalue weighted by atomic mass is 10.1. The number of nitrogens with zero attached hydrogens (tertiary/aromatic N) is 1. The molecule has 0 unspecified atom stereocenters. The maximum absolute atomic E-state index is 12.3. The van der Waals surface area contributed by atoms with Gasteiger partial charge in [-0.25, -0.2) is 0 Å². The minimum atomic E-state index is -0.449. The quantitative estimate of drug-likeness (QED) is 0.557. The Morgan fingerprint density at radius 3 is 2.70 bits per heavy atom. The summed E-state index contributed by atoms with van der Waals surface area (Å²) >= 11 is 0. The molecule has 0 bridgehead atoms. The smallest absolute Gasteiger partial charge is 0.253 e. The number of anilines is 1. The molecule has 0 spiro atoms. The van der Waals surface area contributed by atoms with Crippen LogP contribution in [0.5, 0.6) is 0 Å². The Labute approximate surface area is 156 Å². The van der Waals surface area contributed by atoms with Crippen molar-refractivity contribution in [1.29, 1.82) is 0 Å². The molecular weight excluding hydrogens is 350 g/mol. The molecule has 27 heavy (non-hydrogen) atoms. The lowest BCUT2D eigenvalue weighted by Crippen LogP contribution is -2.46. The van der Waals surface area contributed by atoms with Crippen LogP contribution in [0.4, 0.5) is 5.69 Å². The fraction of sp³-hybridized carbons (Fsp3) is 0.444. The fourth-order valence-corrected chi connectivity index (χ4v) is 3.13. The van der Waals surface area contributed by atoms with Crippen molar-refractivity contribution in [2.75, 3.05) is 38.5 Å². The summed E-state index contributed by atoms with van der Waals surface area (Å²) in [5, 5.41) is 10.6. The predicted molar refractivity (Wildman–Crippen MR) is 98.4 cm³/mol. The average molecular weight is 373 g/mol. The van der Waals surface area contributed by atoms with Crippen LogP contribution in [0, 0.1) is 0 Å². The minimum absolute atomic E-state index is 0.119. The molecule has 4 N–H and O–H groups in total. The van der Waals surface area contributed by atoms with E-state index < -0.39 is 5.91 Å². The van der Waals surface area contributed by atoms with E-state index in [0.717, 1.165) is 25.9 Å². The van der Waals surface area contributed by atoms with Gasteiger partial charge in [0.25, 0.3) is 11.8 Å². The second-order valence-electron chi connectivity index (χ2n) is 6.82. The molecule has 4 amide bonds. The molecule has 3 rings (SSSR count). The zero-order valence-corrected chi connectivity index (χ0v) is 15.1.